The van der Waals surface area contributed by atoms with Crippen molar-refractivity contribution in [2.24, 2.45) is 0 Å². The van der Waals surface area contributed by atoms with E-state index < -0.39 is 12.0 Å². The number of benzene rings is 1. The van der Waals surface area contributed by atoms with Crippen molar-refractivity contribution in [2.45, 2.75) is 40.3 Å². The molecule has 7 heteroatoms. The van der Waals surface area contributed by atoms with E-state index in [0.717, 1.165) is 0 Å². The molecule has 6 nitrogen and oxygen atoms in total. The van der Waals surface area contributed by atoms with Crippen LogP contribution >= 0.6 is 11.6 Å². The maximum atomic E-state index is 13.5. The van der Waals surface area contributed by atoms with Crippen LogP contribution in [0.15, 0.2) is 36.9 Å². The Bertz CT molecular complexity index is 976. The highest BCUT2D eigenvalue weighted by Crippen LogP contribution is 2.26. The smallest absolute Gasteiger partial charge is 0.354 e. The van der Waals surface area contributed by atoms with Gasteiger partial charge < -0.3 is 14.2 Å². The van der Waals surface area contributed by atoms with Crippen LogP contribution in [0.1, 0.15) is 56.3 Å². The summed E-state index contributed by atoms with van der Waals surface area (Å²) in [5, 5.41) is 0.522. The number of ether oxygens (including phenoxy) is 1. The number of halogens is 1. The summed E-state index contributed by atoms with van der Waals surface area (Å²) in [7, 11) is 1.31. The summed E-state index contributed by atoms with van der Waals surface area (Å²) in [6.45, 7) is 11.5. The normalized spacial score (nSPS) is 11.7. The molecule has 0 unspecified atom stereocenters. The summed E-state index contributed by atoms with van der Waals surface area (Å²) < 4.78 is 6.66. The van der Waals surface area contributed by atoms with Gasteiger partial charge in [0.05, 0.1) is 13.2 Å². The molecular weight excluding hydrogens is 404 g/mol. The fourth-order valence-corrected chi connectivity index (χ4v) is 3.80. The number of esters is 1. The first kappa shape index (κ1) is 23.4. The minimum atomic E-state index is -0.762. The van der Waals surface area contributed by atoms with Crippen LogP contribution in [0.4, 0.5) is 0 Å². The average molecular weight is 431 g/mol. The van der Waals surface area contributed by atoms with Crippen molar-refractivity contribution in [3.63, 3.8) is 0 Å². The van der Waals surface area contributed by atoms with Crippen LogP contribution in [0.3, 0.4) is 0 Å². The van der Waals surface area contributed by atoms with Gasteiger partial charge in [0.1, 0.15) is 5.69 Å². The van der Waals surface area contributed by atoms with Crippen LogP contribution in [0.5, 0.6) is 0 Å². The average Bonchev–Trinajstić information content (AvgIpc) is 2.99. The zero-order valence-electron chi connectivity index (χ0n) is 18.0. The Kier molecular flexibility index (Phi) is 7.62. The van der Waals surface area contributed by atoms with Gasteiger partial charge in [0.25, 0.3) is 5.91 Å². The Morgan fingerprint density at radius 2 is 1.83 bits per heavy atom. The Hall–Kier alpha value is -2.86. The molecule has 2 aromatic rings. The van der Waals surface area contributed by atoms with Crippen molar-refractivity contribution in [2.75, 3.05) is 13.7 Å². The number of ketones is 1. The molecule has 0 saturated heterocycles. The molecule has 0 aliphatic rings. The van der Waals surface area contributed by atoms with Gasteiger partial charge in [-0.3, -0.25) is 9.59 Å². The second kappa shape index (κ2) is 9.76. The Balaban J connectivity index is 2.48. The number of rotatable bonds is 8. The van der Waals surface area contributed by atoms with Crippen molar-refractivity contribution < 1.29 is 19.1 Å². The summed E-state index contributed by atoms with van der Waals surface area (Å²) >= 11 is 5.92. The van der Waals surface area contributed by atoms with E-state index in [1.165, 1.54) is 12.0 Å². The number of hydrogen-bond donors (Lipinski definition) is 0. The predicted octanol–water partition coefficient (Wildman–Crippen LogP) is 4.46. The van der Waals surface area contributed by atoms with Gasteiger partial charge in [-0.1, -0.05) is 17.7 Å². The number of carbonyl (C=O) groups excluding carboxylic acids is 3. The second-order valence-corrected chi connectivity index (χ2v) is 7.40. The molecule has 0 bridgehead atoms. The van der Waals surface area contributed by atoms with Gasteiger partial charge >= 0.3 is 5.97 Å². The van der Waals surface area contributed by atoms with E-state index >= 15 is 0 Å². The molecule has 0 spiro atoms. The van der Waals surface area contributed by atoms with Crippen molar-refractivity contribution >= 4 is 29.3 Å². The number of aromatic nitrogens is 1. The SMILES string of the molecule is C=CCN(C(=O)c1ccc(Cl)cc1)[C@@H](C)C(=O)c1c(C)c(C(=O)OC)n(CC)c1C. The lowest BCUT2D eigenvalue weighted by Crippen LogP contribution is -2.43. The number of carbonyl (C=O) groups is 3. The molecular formula is C23H27ClN2O4. The quantitative estimate of drug-likeness (QED) is 0.352. The summed E-state index contributed by atoms with van der Waals surface area (Å²) in [6, 6.07) is 5.74. The first-order chi connectivity index (χ1) is 14.2. The Labute approximate surface area is 182 Å². The number of Topliss-reactive ketones (excluding diaryl/α,β-unsaturated/α-hetero) is 1. The van der Waals surface area contributed by atoms with Gasteiger partial charge in [0.2, 0.25) is 0 Å². The third-order valence-corrected chi connectivity index (χ3v) is 5.48. The van der Waals surface area contributed by atoms with E-state index in [1.807, 2.05) is 6.92 Å². The highest BCUT2D eigenvalue weighted by Gasteiger charge is 2.32. The molecule has 1 heterocycles. The van der Waals surface area contributed by atoms with Crippen molar-refractivity contribution in [3.05, 3.63) is 70.0 Å². The van der Waals surface area contributed by atoms with E-state index in [-0.39, 0.29) is 18.2 Å². The topological polar surface area (TPSA) is 68.6 Å². The van der Waals surface area contributed by atoms with Gasteiger partial charge in [-0.15, -0.1) is 6.58 Å². The maximum absolute atomic E-state index is 13.5. The molecule has 0 radical (unpaired) electrons. The lowest BCUT2D eigenvalue weighted by atomic mass is 9.99. The largest absolute Gasteiger partial charge is 0.464 e. The molecule has 0 fully saturated rings. The van der Waals surface area contributed by atoms with E-state index in [9.17, 15) is 14.4 Å². The molecule has 1 aromatic heterocycles. The lowest BCUT2D eigenvalue weighted by molar-refractivity contribution is 0.0587. The van der Waals surface area contributed by atoms with Crippen LogP contribution in [0, 0.1) is 13.8 Å². The van der Waals surface area contributed by atoms with Crippen LogP contribution in [-0.4, -0.2) is 46.8 Å². The van der Waals surface area contributed by atoms with Crippen molar-refractivity contribution in [1.29, 1.82) is 0 Å². The molecule has 30 heavy (non-hydrogen) atoms. The van der Waals surface area contributed by atoms with Gasteiger partial charge in [0.15, 0.2) is 5.78 Å². The van der Waals surface area contributed by atoms with Crippen LogP contribution in [0.25, 0.3) is 0 Å². The zero-order chi connectivity index (χ0) is 22.6. The number of hydrogen-bond acceptors (Lipinski definition) is 4. The highest BCUT2D eigenvalue weighted by molar-refractivity contribution is 6.30. The molecule has 1 atom stereocenters. The maximum Gasteiger partial charge on any atom is 0.354 e. The van der Waals surface area contributed by atoms with E-state index in [1.54, 1.807) is 55.7 Å². The van der Waals surface area contributed by atoms with E-state index in [4.69, 9.17) is 16.3 Å². The van der Waals surface area contributed by atoms with Crippen molar-refractivity contribution in [3.8, 4) is 0 Å². The summed E-state index contributed by atoms with van der Waals surface area (Å²) in [5.41, 5.74) is 2.44. The molecule has 1 aromatic carbocycles. The third-order valence-electron chi connectivity index (χ3n) is 5.23. The fraction of sp³-hybridized carbons (Fsp3) is 0.348. The molecule has 0 aliphatic carbocycles. The lowest BCUT2D eigenvalue weighted by Gasteiger charge is -2.27. The van der Waals surface area contributed by atoms with Gasteiger partial charge in [0, 0.05) is 34.9 Å². The monoisotopic (exact) mass is 430 g/mol. The van der Waals surface area contributed by atoms with Gasteiger partial charge in [-0.05, 0) is 57.5 Å². The minimum Gasteiger partial charge on any atom is -0.464 e. The molecule has 0 saturated carbocycles. The number of methoxy groups -OCH3 is 1. The number of amides is 1. The molecule has 0 N–H and O–H groups in total. The Morgan fingerprint density at radius 1 is 1.23 bits per heavy atom. The predicted molar refractivity (Wildman–Crippen MR) is 117 cm³/mol. The van der Waals surface area contributed by atoms with E-state index in [2.05, 4.69) is 6.58 Å². The minimum absolute atomic E-state index is 0.199. The molecule has 1 amide bonds. The van der Waals surface area contributed by atoms with E-state index in [0.29, 0.717) is 39.6 Å². The molecule has 160 valence electrons. The fourth-order valence-electron chi connectivity index (χ4n) is 3.68. The number of nitrogens with zero attached hydrogens (tertiary/aromatic N) is 2. The van der Waals surface area contributed by atoms with Crippen LogP contribution in [0.2, 0.25) is 5.02 Å². The summed E-state index contributed by atoms with van der Waals surface area (Å²) in [5.74, 6) is -1.04. The zero-order valence-corrected chi connectivity index (χ0v) is 18.7. The van der Waals surface area contributed by atoms with Crippen molar-refractivity contribution in [1.82, 2.24) is 9.47 Å². The third kappa shape index (κ3) is 4.33. The van der Waals surface area contributed by atoms with Gasteiger partial charge in [-0.2, -0.15) is 0 Å². The molecule has 2 rings (SSSR count). The van der Waals surface area contributed by atoms with Crippen LogP contribution < -0.4 is 0 Å². The molecule has 0 aliphatic heterocycles. The van der Waals surface area contributed by atoms with Gasteiger partial charge in [-0.25, -0.2) is 4.79 Å². The first-order valence-corrected chi connectivity index (χ1v) is 10.1. The van der Waals surface area contributed by atoms with Crippen LogP contribution in [-0.2, 0) is 11.3 Å². The summed E-state index contributed by atoms with van der Waals surface area (Å²) in [4.78, 5) is 40.3. The first-order valence-electron chi connectivity index (χ1n) is 9.69. The Morgan fingerprint density at radius 3 is 2.33 bits per heavy atom. The highest BCUT2D eigenvalue weighted by atomic mass is 35.5. The second-order valence-electron chi connectivity index (χ2n) is 6.96. The standard InChI is InChI=1S/C23H27ClN2O4/c1-7-13-26(22(28)17-9-11-18(24)12-10-17)16(5)21(27)19-14(3)20(23(29)30-6)25(8-2)15(19)4/h7,9-12,16H,1,8,13H2,2-6H3/t16-/m0/s1. The summed E-state index contributed by atoms with van der Waals surface area (Å²) in [6.07, 6.45) is 1.58.